The van der Waals surface area contributed by atoms with Crippen LogP contribution in [0.15, 0.2) is 261 Å². The van der Waals surface area contributed by atoms with Gasteiger partial charge in [0.05, 0.1) is 5.69 Å². The monoisotopic (exact) mass is 853 g/mol. The fourth-order valence-electron chi connectivity index (χ4n) is 10.5. The van der Waals surface area contributed by atoms with Gasteiger partial charge in [-0.1, -0.05) is 231 Å². The highest BCUT2D eigenvalue weighted by Gasteiger charge is 2.25. The largest absolute Gasteiger partial charge is 0.310 e. The van der Waals surface area contributed by atoms with Gasteiger partial charge in [-0.3, -0.25) is 0 Å². The molecule has 11 aromatic carbocycles. The topological polar surface area (TPSA) is 3.24 Å². The predicted molar refractivity (Wildman–Crippen MR) is 283 cm³/mol. The Bertz CT molecular complexity index is 3580. The summed E-state index contributed by atoms with van der Waals surface area (Å²) in [4.78, 5) is 2.52. The van der Waals surface area contributed by atoms with Crippen molar-refractivity contribution in [3.63, 3.8) is 0 Å². The van der Waals surface area contributed by atoms with Gasteiger partial charge in [0.1, 0.15) is 0 Å². The van der Waals surface area contributed by atoms with Crippen LogP contribution in [0.25, 0.3) is 77.5 Å². The zero-order valence-electron chi connectivity index (χ0n) is 37.2. The molecule has 0 saturated heterocycles. The van der Waals surface area contributed by atoms with Crippen LogP contribution in [0.3, 0.4) is 0 Å². The fourth-order valence-corrected chi connectivity index (χ4v) is 10.5. The highest BCUT2D eigenvalue weighted by Crippen LogP contribution is 2.49. The number of benzene rings is 11. The van der Waals surface area contributed by atoms with Crippen molar-refractivity contribution in [3.8, 4) is 66.8 Å². The van der Waals surface area contributed by atoms with E-state index in [1.807, 2.05) is 0 Å². The Balaban J connectivity index is 1.14. The molecule has 1 nitrogen and oxygen atoms in total. The number of nitrogens with zero attached hydrogens (tertiary/aromatic N) is 1. The Labute approximate surface area is 393 Å². The van der Waals surface area contributed by atoms with Gasteiger partial charge in [-0.25, -0.2) is 0 Å². The van der Waals surface area contributed by atoms with Crippen LogP contribution >= 0.6 is 0 Å². The van der Waals surface area contributed by atoms with E-state index >= 15 is 0 Å². The normalized spacial score (nSPS) is 11.8. The number of anilines is 3. The van der Waals surface area contributed by atoms with E-state index in [4.69, 9.17) is 0 Å². The average Bonchev–Trinajstić information content (AvgIpc) is 3.40. The fraction of sp³-hybridized carbons (Fsp3) is 0.0303. The van der Waals surface area contributed by atoms with Crippen molar-refractivity contribution in [2.75, 3.05) is 4.90 Å². The van der Waals surface area contributed by atoms with Crippen LogP contribution in [-0.4, -0.2) is 0 Å². The van der Waals surface area contributed by atoms with Gasteiger partial charge in [0.2, 0.25) is 0 Å². The molecule has 0 amide bonds. The van der Waals surface area contributed by atoms with Crippen LogP contribution in [0, 0.1) is 0 Å². The molecule has 0 N–H and O–H groups in total. The molecule has 316 valence electrons. The summed E-state index contributed by atoms with van der Waals surface area (Å²) < 4.78 is 0. The Morgan fingerprint density at radius 2 is 0.701 bits per heavy atom. The number of hydrogen-bond donors (Lipinski definition) is 0. The van der Waals surface area contributed by atoms with E-state index in [2.05, 4.69) is 266 Å². The highest BCUT2D eigenvalue weighted by atomic mass is 15.1. The maximum Gasteiger partial charge on any atom is 0.0546 e. The third-order valence-corrected chi connectivity index (χ3v) is 13.6. The van der Waals surface area contributed by atoms with Crippen LogP contribution in [-0.2, 0) is 12.8 Å². The molecule has 0 radical (unpaired) electrons. The Morgan fingerprint density at radius 3 is 1.39 bits per heavy atom. The summed E-state index contributed by atoms with van der Waals surface area (Å²) >= 11 is 0. The van der Waals surface area contributed by atoms with Gasteiger partial charge >= 0.3 is 0 Å². The van der Waals surface area contributed by atoms with Crippen molar-refractivity contribution < 1.29 is 0 Å². The molecule has 1 aliphatic rings. The van der Waals surface area contributed by atoms with E-state index in [1.54, 1.807) is 0 Å². The summed E-state index contributed by atoms with van der Waals surface area (Å²) in [5, 5.41) is 2.47. The van der Waals surface area contributed by atoms with Crippen molar-refractivity contribution in [1.29, 1.82) is 0 Å². The lowest BCUT2D eigenvalue weighted by molar-refractivity contribution is 1.14. The molecule has 0 atom stereocenters. The van der Waals surface area contributed by atoms with Gasteiger partial charge < -0.3 is 4.90 Å². The summed E-state index contributed by atoms with van der Waals surface area (Å²) in [5.74, 6) is 0. The van der Waals surface area contributed by atoms with Crippen LogP contribution in [0.1, 0.15) is 22.3 Å². The van der Waals surface area contributed by atoms with Crippen molar-refractivity contribution in [2.24, 2.45) is 0 Å². The first-order chi connectivity index (χ1) is 33.2. The minimum absolute atomic E-state index is 0.777. The molecule has 0 bridgehead atoms. The van der Waals surface area contributed by atoms with E-state index in [1.165, 1.54) is 99.8 Å². The SMILES string of the molecule is c1ccc(-c2ccccc2-c2c(-c3ccccc3)cccc2N(c2cccc(-c3cccc4ccccc34)c2)c2ccc3c(c2)Cc2ccccc2-c2ccccc2Cc2ccccc2-3)cc1. The molecule has 0 spiro atoms. The molecule has 67 heavy (non-hydrogen) atoms. The Hall–Kier alpha value is -8.52. The smallest absolute Gasteiger partial charge is 0.0546 e. The second kappa shape index (κ2) is 17.5. The second-order valence-corrected chi connectivity index (χ2v) is 17.6. The average molecular weight is 854 g/mol. The first kappa shape index (κ1) is 40.0. The molecule has 0 saturated carbocycles. The zero-order chi connectivity index (χ0) is 44.5. The predicted octanol–water partition coefficient (Wildman–Crippen LogP) is 17.8. The molecular formula is C66H47N. The molecule has 0 aliphatic heterocycles. The molecule has 1 aliphatic carbocycles. The van der Waals surface area contributed by atoms with E-state index in [-0.39, 0.29) is 0 Å². The van der Waals surface area contributed by atoms with Gasteiger partial charge in [-0.2, -0.15) is 0 Å². The molecule has 1 heteroatoms. The van der Waals surface area contributed by atoms with Crippen molar-refractivity contribution in [2.45, 2.75) is 12.8 Å². The Morgan fingerprint density at radius 1 is 0.254 bits per heavy atom. The number of fused-ring (bicyclic) bond motifs is 7. The maximum atomic E-state index is 2.52. The van der Waals surface area contributed by atoms with Crippen molar-refractivity contribution in [1.82, 2.24) is 0 Å². The molecular weight excluding hydrogens is 807 g/mol. The lowest BCUT2D eigenvalue weighted by Gasteiger charge is -2.31. The number of rotatable bonds is 7. The summed E-state index contributed by atoms with van der Waals surface area (Å²) in [6.45, 7) is 0. The van der Waals surface area contributed by atoms with E-state index in [0.29, 0.717) is 0 Å². The lowest BCUT2D eigenvalue weighted by Crippen LogP contribution is -2.13. The quantitative estimate of drug-likeness (QED) is 0.154. The number of hydrogen-bond acceptors (Lipinski definition) is 1. The lowest BCUT2D eigenvalue weighted by atomic mass is 9.83. The standard InChI is InChI=1S/C66H47N/c1-3-20-46(21-4-1)57-32-15-16-36-64(57)66-63(48-22-5-2-6-23-48)38-19-39-65(66)67(54-30-17-29-52(44-54)61-37-18-28-47-24-7-11-31-56(47)61)55-40-41-62-53(45-55)43-51-27-10-13-34-59(51)58-33-12-8-25-49(58)42-50-26-9-14-35-60(50)62/h1-41,44-45H,42-43H2. The van der Waals surface area contributed by atoms with Crippen LogP contribution in [0.2, 0.25) is 0 Å². The third kappa shape index (κ3) is 7.51. The Kier molecular flexibility index (Phi) is 10.4. The molecule has 0 fully saturated rings. The summed E-state index contributed by atoms with van der Waals surface area (Å²) in [5.41, 5.74) is 23.2. The molecule has 11 aromatic rings. The van der Waals surface area contributed by atoms with Gasteiger partial charge in [0.15, 0.2) is 0 Å². The van der Waals surface area contributed by atoms with E-state index < -0.39 is 0 Å². The van der Waals surface area contributed by atoms with Crippen molar-refractivity contribution >= 4 is 27.8 Å². The van der Waals surface area contributed by atoms with E-state index in [9.17, 15) is 0 Å². The third-order valence-electron chi connectivity index (χ3n) is 13.6. The maximum absolute atomic E-state index is 2.52. The van der Waals surface area contributed by atoms with Gasteiger partial charge in [-0.05, 0) is 137 Å². The summed E-state index contributed by atoms with van der Waals surface area (Å²) in [6, 6.07) is 96.2. The van der Waals surface area contributed by atoms with E-state index in [0.717, 1.165) is 29.9 Å². The summed E-state index contributed by atoms with van der Waals surface area (Å²) in [6.07, 6.45) is 1.63. The molecule has 0 unspecified atom stereocenters. The highest BCUT2D eigenvalue weighted by molar-refractivity contribution is 6.02. The minimum atomic E-state index is 0.777. The second-order valence-electron chi connectivity index (χ2n) is 17.6. The molecule has 12 rings (SSSR count). The van der Waals surface area contributed by atoms with Crippen LogP contribution in [0.5, 0.6) is 0 Å². The minimum Gasteiger partial charge on any atom is -0.310 e. The summed E-state index contributed by atoms with van der Waals surface area (Å²) in [7, 11) is 0. The first-order valence-electron chi connectivity index (χ1n) is 23.3. The molecule has 0 heterocycles. The van der Waals surface area contributed by atoms with Crippen LogP contribution in [0.4, 0.5) is 17.1 Å². The van der Waals surface area contributed by atoms with Gasteiger partial charge in [0, 0.05) is 16.9 Å². The molecule has 0 aromatic heterocycles. The van der Waals surface area contributed by atoms with Gasteiger partial charge in [-0.15, -0.1) is 0 Å². The van der Waals surface area contributed by atoms with Gasteiger partial charge in [0.25, 0.3) is 0 Å². The van der Waals surface area contributed by atoms with Crippen LogP contribution < -0.4 is 4.90 Å². The zero-order valence-corrected chi connectivity index (χ0v) is 37.2. The first-order valence-corrected chi connectivity index (χ1v) is 23.3. The van der Waals surface area contributed by atoms with Crippen molar-refractivity contribution in [3.05, 3.63) is 283 Å².